The first-order valence-corrected chi connectivity index (χ1v) is 6.93. The third-order valence-electron chi connectivity index (χ3n) is 2.62. The smallest absolute Gasteiger partial charge is 0.287 e. The van der Waals surface area contributed by atoms with Gasteiger partial charge in [-0.05, 0) is 33.0 Å². The molecule has 0 spiro atoms. The van der Waals surface area contributed by atoms with E-state index in [0.29, 0.717) is 18.2 Å². The molecular formula is C13H23ClN4O. The predicted molar refractivity (Wildman–Crippen MR) is 80.0 cm³/mol. The molecule has 0 fully saturated rings. The Bertz CT molecular complexity index is 456. The summed E-state index contributed by atoms with van der Waals surface area (Å²) in [6.45, 7) is 6.42. The lowest BCUT2D eigenvalue weighted by atomic mass is 10.2. The van der Waals surface area contributed by atoms with Gasteiger partial charge in [-0.3, -0.25) is 4.79 Å². The van der Waals surface area contributed by atoms with Crippen molar-refractivity contribution in [2.24, 2.45) is 5.92 Å². The third-order valence-corrected chi connectivity index (χ3v) is 2.99. The van der Waals surface area contributed by atoms with Crippen molar-refractivity contribution in [1.29, 1.82) is 0 Å². The number of anilines is 1. The lowest BCUT2D eigenvalue weighted by Gasteiger charge is -2.13. The van der Waals surface area contributed by atoms with E-state index in [1.165, 1.54) is 4.68 Å². The van der Waals surface area contributed by atoms with Crippen LogP contribution in [0.3, 0.4) is 0 Å². The standard InChI is InChI=1S/C13H23ClN4O/c1-10(2)9-18-13(19)12(14)11(8-16-18)15-6-5-7-17(3)4/h8,10,15H,5-7,9H2,1-4H3. The summed E-state index contributed by atoms with van der Waals surface area (Å²) >= 11 is 6.08. The molecule has 0 aliphatic carbocycles. The Morgan fingerprint density at radius 1 is 1.47 bits per heavy atom. The highest BCUT2D eigenvalue weighted by molar-refractivity contribution is 6.32. The lowest BCUT2D eigenvalue weighted by Crippen LogP contribution is -2.26. The number of nitrogens with one attached hydrogen (secondary N) is 1. The van der Waals surface area contributed by atoms with Crippen molar-refractivity contribution in [2.45, 2.75) is 26.8 Å². The van der Waals surface area contributed by atoms with Gasteiger partial charge >= 0.3 is 0 Å². The molecule has 108 valence electrons. The molecule has 0 radical (unpaired) electrons. The molecule has 1 N–H and O–H groups in total. The van der Waals surface area contributed by atoms with Gasteiger partial charge in [0.25, 0.3) is 5.56 Å². The van der Waals surface area contributed by atoms with E-state index in [9.17, 15) is 4.79 Å². The monoisotopic (exact) mass is 286 g/mol. The van der Waals surface area contributed by atoms with Crippen LogP contribution in [-0.2, 0) is 6.54 Å². The zero-order chi connectivity index (χ0) is 14.4. The molecule has 0 bridgehead atoms. The van der Waals surface area contributed by atoms with Crippen molar-refractivity contribution < 1.29 is 0 Å². The second kappa shape index (κ2) is 7.50. The number of hydrogen-bond acceptors (Lipinski definition) is 4. The second-order valence-electron chi connectivity index (χ2n) is 5.34. The molecule has 19 heavy (non-hydrogen) atoms. The molecule has 0 unspecified atom stereocenters. The van der Waals surface area contributed by atoms with Gasteiger partial charge < -0.3 is 10.2 Å². The first kappa shape index (κ1) is 16.0. The predicted octanol–water partition coefficient (Wildman–Crippen LogP) is 1.92. The fraction of sp³-hybridized carbons (Fsp3) is 0.692. The van der Waals surface area contributed by atoms with Crippen LogP contribution in [0.25, 0.3) is 0 Å². The summed E-state index contributed by atoms with van der Waals surface area (Å²) in [7, 11) is 4.06. The van der Waals surface area contributed by atoms with Gasteiger partial charge in [0.2, 0.25) is 0 Å². The van der Waals surface area contributed by atoms with Gasteiger partial charge in [0.15, 0.2) is 0 Å². The maximum atomic E-state index is 12.0. The number of hydrogen-bond donors (Lipinski definition) is 1. The van der Waals surface area contributed by atoms with Gasteiger partial charge in [-0.1, -0.05) is 25.4 Å². The van der Waals surface area contributed by atoms with E-state index in [-0.39, 0.29) is 10.6 Å². The summed E-state index contributed by atoms with van der Waals surface area (Å²) in [6, 6.07) is 0. The minimum Gasteiger partial charge on any atom is -0.382 e. The Balaban J connectivity index is 2.66. The first-order valence-electron chi connectivity index (χ1n) is 6.56. The third kappa shape index (κ3) is 5.20. The van der Waals surface area contributed by atoms with E-state index < -0.39 is 0 Å². The maximum Gasteiger partial charge on any atom is 0.287 e. The Hall–Kier alpha value is -1.07. The van der Waals surface area contributed by atoms with Crippen molar-refractivity contribution >= 4 is 17.3 Å². The second-order valence-corrected chi connectivity index (χ2v) is 5.71. The van der Waals surface area contributed by atoms with E-state index in [0.717, 1.165) is 19.5 Å². The summed E-state index contributed by atoms with van der Waals surface area (Å²) in [6.07, 6.45) is 2.61. The van der Waals surface area contributed by atoms with Crippen LogP contribution >= 0.6 is 11.6 Å². The zero-order valence-corrected chi connectivity index (χ0v) is 12.9. The number of halogens is 1. The SMILES string of the molecule is CC(C)Cn1ncc(NCCCN(C)C)c(Cl)c1=O. The fourth-order valence-corrected chi connectivity index (χ4v) is 1.90. The Morgan fingerprint density at radius 2 is 2.16 bits per heavy atom. The van der Waals surface area contributed by atoms with Gasteiger partial charge in [-0.2, -0.15) is 5.10 Å². The Morgan fingerprint density at radius 3 is 2.74 bits per heavy atom. The van der Waals surface area contributed by atoms with Crippen molar-refractivity contribution in [3.05, 3.63) is 21.6 Å². The van der Waals surface area contributed by atoms with Crippen LogP contribution in [0.1, 0.15) is 20.3 Å². The van der Waals surface area contributed by atoms with Crippen LogP contribution in [0.5, 0.6) is 0 Å². The minimum atomic E-state index is -0.229. The van der Waals surface area contributed by atoms with Crippen LogP contribution in [0.2, 0.25) is 5.02 Å². The average molecular weight is 287 g/mol. The van der Waals surface area contributed by atoms with Crippen LogP contribution in [-0.4, -0.2) is 41.9 Å². The van der Waals surface area contributed by atoms with E-state index in [4.69, 9.17) is 11.6 Å². The summed E-state index contributed by atoms with van der Waals surface area (Å²) < 4.78 is 1.41. The van der Waals surface area contributed by atoms with E-state index in [1.807, 2.05) is 27.9 Å². The van der Waals surface area contributed by atoms with Crippen molar-refractivity contribution in [3.8, 4) is 0 Å². The van der Waals surface area contributed by atoms with Gasteiger partial charge in [0, 0.05) is 13.1 Å². The van der Waals surface area contributed by atoms with Gasteiger partial charge in [-0.25, -0.2) is 4.68 Å². The van der Waals surface area contributed by atoms with E-state index in [2.05, 4.69) is 15.3 Å². The molecule has 0 saturated carbocycles. The molecule has 0 aliphatic rings. The molecule has 0 aliphatic heterocycles. The highest BCUT2D eigenvalue weighted by atomic mass is 35.5. The molecule has 0 amide bonds. The first-order chi connectivity index (χ1) is 8.91. The molecule has 6 heteroatoms. The van der Waals surface area contributed by atoms with Crippen molar-refractivity contribution in [2.75, 3.05) is 32.5 Å². The van der Waals surface area contributed by atoms with Crippen molar-refractivity contribution in [3.63, 3.8) is 0 Å². The molecular weight excluding hydrogens is 264 g/mol. The summed E-state index contributed by atoms with van der Waals surface area (Å²) in [4.78, 5) is 14.1. The Kier molecular flexibility index (Phi) is 6.31. The highest BCUT2D eigenvalue weighted by Gasteiger charge is 2.09. The van der Waals surface area contributed by atoms with Crippen LogP contribution in [0.15, 0.2) is 11.0 Å². The van der Waals surface area contributed by atoms with Crippen LogP contribution < -0.4 is 10.9 Å². The normalized spacial score (nSPS) is 11.3. The molecule has 0 aromatic carbocycles. The molecule has 1 heterocycles. The maximum absolute atomic E-state index is 12.0. The number of rotatable bonds is 7. The Labute approximate surface area is 119 Å². The molecule has 0 atom stereocenters. The zero-order valence-electron chi connectivity index (χ0n) is 12.1. The quantitative estimate of drug-likeness (QED) is 0.778. The topological polar surface area (TPSA) is 50.2 Å². The number of aromatic nitrogens is 2. The van der Waals surface area contributed by atoms with Gasteiger partial charge in [0.05, 0.1) is 11.9 Å². The molecule has 1 aromatic rings. The lowest BCUT2D eigenvalue weighted by molar-refractivity contribution is 0.405. The molecule has 1 rings (SSSR count). The van der Waals surface area contributed by atoms with Gasteiger partial charge in [0.1, 0.15) is 5.02 Å². The molecule has 0 saturated heterocycles. The largest absolute Gasteiger partial charge is 0.382 e. The summed E-state index contributed by atoms with van der Waals surface area (Å²) in [5.41, 5.74) is 0.387. The molecule has 1 aromatic heterocycles. The fourth-order valence-electron chi connectivity index (χ4n) is 1.68. The average Bonchev–Trinajstić information content (AvgIpc) is 2.32. The van der Waals surface area contributed by atoms with Crippen molar-refractivity contribution in [1.82, 2.24) is 14.7 Å². The van der Waals surface area contributed by atoms with E-state index >= 15 is 0 Å². The number of nitrogens with zero attached hydrogens (tertiary/aromatic N) is 3. The highest BCUT2D eigenvalue weighted by Crippen LogP contribution is 2.15. The summed E-state index contributed by atoms with van der Waals surface area (Å²) in [5.74, 6) is 0.361. The minimum absolute atomic E-state index is 0.223. The van der Waals surface area contributed by atoms with Gasteiger partial charge in [-0.15, -0.1) is 0 Å². The van der Waals surface area contributed by atoms with Crippen LogP contribution in [0.4, 0.5) is 5.69 Å². The van der Waals surface area contributed by atoms with E-state index in [1.54, 1.807) is 6.20 Å². The summed E-state index contributed by atoms with van der Waals surface area (Å²) in [5, 5.41) is 7.52. The van der Waals surface area contributed by atoms with Crippen LogP contribution in [0, 0.1) is 5.92 Å². The molecule has 5 nitrogen and oxygen atoms in total.